The summed E-state index contributed by atoms with van der Waals surface area (Å²) in [6.07, 6.45) is -5.29. The highest BCUT2D eigenvalue weighted by Gasteiger charge is 2.99. The fourth-order valence-electron chi connectivity index (χ4n) is 8.53. The molecule has 0 bridgehead atoms. The van der Waals surface area contributed by atoms with E-state index in [-0.39, 0.29) is 6.42 Å². The molecule has 6 rings (SSSR count). The van der Waals surface area contributed by atoms with Crippen LogP contribution in [0.2, 0.25) is 0 Å². The van der Waals surface area contributed by atoms with Crippen molar-refractivity contribution in [3.05, 3.63) is 0 Å². The summed E-state index contributed by atoms with van der Waals surface area (Å²) in [5.41, 5.74) is -4.96. The fraction of sp³-hybridized carbons (Fsp3) is 0.818. The predicted octanol–water partition coefficient (Wildman–Crippen LogP) is 0.0864. The van der Waals surface area contributed by atoms with Crippen molar-refractivity contribution < 1.29 is 48.0 Å². The minimum atomic E-state index is -1.65. The summed E-state index contributed by atoms with van der Waals surface area (Å²) in [4.78, 5) is 50.8. The lowest BCUT2D eigenvalue weighted by Crippen LogP contribution is -2.59. The van der Waals surface area contributed by atoms with E-state index in [0.717, 1.165) is 0 Å². The van der Waals surface area contributed by atoms with Gasteiger partial charge in [-0.15, -0.1) is 0 Å². The van der Waals surface area contributed by atoms with Crippen LogP contribution in [0, 0.1) is 34.0 Å². The second kappa shape index (κ2) is 5.47. The number of rotatable bonds is 1. The Hall–Kier alpha value is -2.20. The molecule has 2 spiro atoms. The van der Waals surface area contributed by atoms with Crippen molar-refractivity contribution in [3.63, 3.8) is 0 Å². The summed E-state index contributed by atoms with van der Waals surface area (Å²) in [5, 5.41) is 11.4. The van der Waals surface area contributed by atoms with Gasteiger partial charge in [-0.1, -0.05) is 27.7 Å². The average molecular weight is 450 g/mol. The van der Waals surface area contributed by atoms with Crippen molar-refractivity contribution in [2.45, 2.75) is 77.3 Å². The molecule has 1 N–H and O–H groups in total. The molecule has 6 fully saturated rings. The Morgan fingerprint density at radius 1 is 1.12 bits per heavy atom. The number of aliphatic hydroxyl groups excluding tert-OH is 1. The summed E-state index contributed by atoms with van der Waals surface area (Å²) in [6, 6.07) is 0. The van der Waals surface area contributed by atoms with Crippen LogP contribution in [0.15, 0.2) is 0 Å². The quantitative estimate of drug-likeness (QED) is 0.432. The molecule has 0 aromatic rings. The monoisotopic (exact) mass is 450 g/mol. The van der Waals surface area contributed by atoms with Gasteiger partial charge in [-0.25, -0.2) is 9.59 Å². The first kappa shape index (κ1) is 20.4. The molecule has 2 saturated carbocycles. The third kappa shape index (κ3) is 1.72. The third-order valence-corrected chi connectivity index (χ3v) is 8.99. The van der Waals surface area contributed by atoms with Crippen LogP contribution in [0.25, 0.3) is 0 Å². The largest absolute Gasteiger partial charge is 0.462 e. The first-order chi connectivity index (χ1) is 14.9. The van der Waals surface area contributed by atoms with Gasteiger partial charge in [0.25, 0.3) is 0 Å². The van der Waals surface area contributed by atoms with Gasteiger partial charge < -0.3 is 28.8 Å². The first-order valence-electron chi connectivity index (χ1n) is 11.0. The standard InChI is InChI=1S/C22H26O10/c1-7-10-9(29-15(7)25)6-20-14-11(28-8(2)23)12(19(3,4)5)21(20)13(24)16(26)31-18(21)32-22(10,20)17(27)30-14/h7,9-14,18,24H,6H2,1-5H3/t7-,9-,10-,11+,12-,13-,14+,18+,20-,21-,22-/m0/s1. The van der Waals surface area contributed by atoms with E-state index >= 15 is 0 Å². The molecule has 174 valence electrons. The number of ether oxygens (including phenoxy) is 5. The number of fused-ring (bicyclic) bond motifs is 1. The number of esters is 4. The maximum Gasteiger partial charge on any atom is 0.340 e. The lowest BCUT2D eigenvalue weighted by atomic mass is 9.52. The molecule has 4 saturated heterocycles. The molecular formula is C22H26O10. The Morgan fingerprint density at radius 3 is 2.44 bits per heavy atom. The Morgan fingerprint density at radius 2 is 1.81 bits per heavy atom. The number of carbonyl (C=O) groups excluding carboxylic acids is 4. The second-order valence-corrected chi connectivity index (χ2v) is 11.2. The normalized spacial score (nSPS) is 54.5. The van der Waals surface area contributed by atoms with Crippen LogP contribution < -0.4 is 0 Å². The van der Waals surface area contributed by atoms with Crippen LogP contribution in [0.3, 0.4) is 0 Å². The smallest absolute Gasteiger partial charge is 0.340 e. The van der Waals surface area contributed by atoms with Crippen LogP contribution in [0.4, 0.5) is 0 Å². The van der Waals surface area contributed by atoms with Gasteiger partial charge in [0, 0.05) is 18.8 Å². The summed E-state index contributed by atoms with van der Waals surface area (Å²) in [6.45, 7) is 8.67. The molecule has 0 aromatic heterocycles. The minimum absolute atomic E-state index is 0.138. The van der Waals surface area contributed by atoms with E-state index in [1.54, 1.807) is 6.92 Å². The molecule has 0 radical (unpaired) electrons. The molecule has 0 aromatic carbocycles. The molecule has 11 atom stereocenters. The third-order valence-electron chi connectivity index (χ3n) is 8.99. The molecule has 0 unspecified atom stereocenters. The zero-order valence-corrected chi connectivity index (χ0v) is 18.4. The highest BCUT2D eigenvalue weighted by Crippen LogP contribution is 2.84. The fourth-order valence-corrected chi connectivity index (χ4v) is 8.53. The van der Waals surface area contributed by atoms with E-state index in [0.29, 0.717) is 0 Å². The lowest BCUT2D eigenvalue weighted by Gasteiger charge is -2.46. The van der Waals surface area contributed by atoms with E-state index < -0.39 is 94.2 Å². The van der Waals surface area contributed by atoms with Crippen molar-refractivity contribution in [1.29, 1.82) is 0 Å². The van der Waals surface area contributed by atoms with Gasteiger partial charge in [-0.05, 0) is 11.8 Å². The molecular weight excluding hydrogens is 424 g/mol. The molecule has 0 amide bonds. The van der Waals surface area contributed by atoms with E-state index in [1.807, 2.05) is 20.8 Å². The van der Waals surface area contributed by atoms with Crippen LogP contribution in [0.1, 0.15) is 41.0 Å². The van der Waals surface area contributed by atoms with Gasteiger partial charge in [0.2, 0.25) is 6.29 Å². The maximum absolute atomic E-state index is 13.6. The van der Waals surface area contributed by atoms with E-state index in [9.17, 15) is 24.3 Å². The van der Waals surface area contributed by atoms with Gasteiger partial charge in [-0.3, -0.25) is 9.59 Å². The van der Waals surface area contributed by atoms with Crippen LogP contribution in [0.5, 0.6) is 0 Å². The SMILES string of the molecule is CC(=O)O[C@H]1[C@H]2OC(=O)[C@]34O[C@H]5OC(=O)[C@H](O)[C@]5([C@@H]1C(C)(C)C)[C@]23C[C@@H]1OC(=O)[C@@H](C)[C@@H]14. The molecule has 32 heavy (non-hydrogen) atoms. The highest BCUT2D eigenvalue weighted by atomic mass is 16.7. The molecule has 10 heteroatoms. The van der Waals surface area contributed by atoms with E-state index in [1.165, 1.54) is 6.92 Å². The Labute approximate surface area is 183 Å². The topological polar surface area (TPSA) is 135 Å². The Kier molecular flexibility index (Phi) is 3.49. The number of hydrogen-bond donors (Lipinski definition) is 1. The van der Waals surface area contributed by atoms with Crippen molar-refractivity contribution in [2.75, 3.05) is 0 Å². The Bertz CT molecular complexity index is 984. The van der Waals surface area contributed by atoms with Gasteiger partial charge in [0.15, 0.2) is 11.7 Å². The molecule has 6 aliphatic rings. The van der Waals surface area contributed by atoms with Crippen molar-refractivity contribution in [2.24, 2.45) is 34.0 Å². The summed E-state index contributed by atoms with van der Waals surface area (Å²) in [5.74, 6) is -4.52. The Balaban J connectivity index is 1.67. The van der Waals surface area contributed by atoms with Crippen LogP contribution in [-0.4, -0.2) is 65.3 Å². The first-order valence-corrected chi connectivity index (χ1v) is 11.0. The maximum atomic E-state index is 13.6. The van der Waals surface area contributed by atoms with Crippen LogP contribution in [-0.2, 0) is 42.9 Å². The van der Waals surface area contributed by atoms with Crippen molar-refractivity contribution in [1.82, 2.24) is 0 Å². The second-order valence-electron chi connectivity index (χ2n) is 11.2. The van der Waals surface area contributed by atoms with Gasteiger partial charge in [0.1, 0.15) is 18.3 Å². The summed E-state index contributed by atoms with van der Waals surface area (Å²) >= 11 is 0. The van der Waals surface area contributed by atoms with Gasteiger partial charge in [0.05, 0.1) is 16.7 Å². The minimum Gasteiger partial charge on any atom is -0.462 e. The number of hydrogen-bond acceptors (Lipinski definition) is 10. The molecule has 4 aliphatic heterocycles. The van der Waals surface area contributed by atoms with Gasteiger partial charge in [-0.2, -0.15) is 0 Å². The summed E-state index contributed by atoms with van der Waals surface area (Å²) in [7, 11) is 0. The van der Waals surface area contributed by atoms with Gasteiger partial charge >= 0.3 is 23.9 Å². The highest BCUT2D eigenvalue weighted by molar-refractivity contribution is 5.91. The number of aliphatic hydroxyl groups is 1. The molecule has 4 heterocycles. The number of carbonyl (C=O) groups is 4. The van der Waals surface area contributed by atoms with Crippen LogP contribution >= 0.6 is 0 Å². The molecule has 10 nitrogen and oxygen atoms in total. The van der Waals surface area contributed by atoms with Crippen molar-refractivity contribution >= 4 is 23.9 Å². The van der Waals surface area contributed by atoms with Crippen molar-refractivity contribution in [3.8, 4) is 0 Å². The molecule has 2 aliphatic carbocycles. The lowest BCUT2D eigenvalue weighted by molar-refractivity contribution is -0.207. The van der Waals surface area contributed by atoms with E-state index in [2.05, 4.69) is 0 Å². The van der Waals surface area contributed by atoms with E-state index in [4.69, 9.17) is 23.7 Å². The zero-order chi connectivity index (χ0) is 23.2. The zero-order valence-electron chi connectivity index (χ0n) is 18.4. The predicted molar refractivity (Wildman–Crippen MR) is 100 cm³/mol. The summed E-state index contributed by atoms with van der Waals surface area (Å²) < 4.78 is 29.2. The average Bonchev–Trinajstić information content (AvgIpc) is 3.37.